The number of benzene rings is 1. The number of para-hydroxylation sites is 1. The average molecular weight is 277 g/mol. The monoisotopic (exact) mass is 277 g/mol. The van der Waals surface area contributed by atoms with Crippen molar-refractivity contribution in [2.45, 2.75) is 58.1 Å². The van der Waals surface area contributed by atoms with E-state index >= 15 is 0 Å². The van der Waals surface area contributed by atoms with Gasteiger partial charge in [-0.2, -0.15) is 0 Å². The van der Waals surface area contributed by atoms with E-state index in [1.165, 1.54) is 19.3 Å². The fraction of sp³-hybridized carbons (Fsp3) is 0.647. The largest absolute Gasteiger partial charge is 0.490 e. The number of ether oxygens (including phenoxy) is 1. The summed E-state index contributed by atoms with van der Waals surface area (Å²) in [4.78, 5) is 0. The summed E-state index contributed by atoms with van der Waals surface area (Å²) in [6.45, 7) is 4.33. The van der Waals surface area contributed by atoms with Gasteiger partial charge in [-0.1, -0.05) is 37.5 Å². The van der Waals surface area contributed by atoms with Gasteiger partial charge >= 0.3 is 0 Å². The first kappa shape index (κ1) is 15.3. The van der Waals surface area contributed by atoms with Gasteiger partial charge in [0, 0.05) is 6.04 Å². The molecule has 1 fully saturated rings. The number of aryl methyl sites for hydroxylation is 2. The molecule has 112 valence electrons. The van der Waals surface area contributed by atoms with E-state index in [9.17, 15) is 5.11 Å². The molecule has 2 atom stereocenters. The summed E-state index contributed by atoms with van der Waals surface area (Å²) in [6, 6.07) is 5.90. The fourth-order valence-corrected chi connectivity index (χ4v) is 3.14. The van der Waals surface area contributed by atoms with Crippen LogP contribution in [0.5, 0.6) is 5.75 Å². The Labute approximate surface area is 122 Å². The number of hydrogen-bond acceptors (Lipinski definition) is 3. The van der Waals surface area contributed by atoms with Crippen molar-refractivity contribution < 1.29 is 9.84 Å². The molecule has 0 heterocycles. The molecule has 0 aliphatic heterocycles. The van der Waals surface area contributed by atoms with Gasteiger partial charge in [-0.15, -0.1) is 0 Å². The molecule has 0 spiro atoms. The summed E-state index contributed by atoms with van der Waals surface area (Å²) in [5.41, 5.74) is 8.40. The van der Waals surface area contributed by atoms with Crippen LogP contribution in [0.3, 0.4) is 0 Å². The van der Waals surface area contributed by atoms with Gasteiger partial charge in [0.05, 0.1) is 0 Å². The molecular formula is C17H27NO2. The Morgan fingerprint density at radius 1 is 1.20 bits per heavy atom. The van der Waals surface area contributed by atoms with Crippen molar-refractivity contribution in [3.05, 3.63) is 29.3 Å². The van der Waals surface area contributed by atoms with E-state index < -0.39 is 6.10 Å². The highest BCUT2D eigenvalue weighted by Gasteiger charge is 2.26. The number of aliphatic hydroxyl groups excluding tert-OH is 1. The molecule has 1 aliphatic rings. The summed E-state index contributed by atoms with van der Waals surface area (Å²) >= 11 is 0. The summed E-state index contributed by atoms with van der Waals surface area (Å²) in [7, 11) is 0. The molecule has 3 heteroatoms. The van der Waals surface area contributed by atoms with Crippen LogP contribution in [-0.2, 0) is 0 Å². The van der Waals surface area contributed by atoms with E-state index in [1.807, 2.05) is 32.0 Å². The predicted octanol–water partition coefficient (Wildman–Crippen LogP) is 2.95. The third-order valence-electron chi connectivity index (χ3n) is 4.45. The maximum Gasteiger partial charge on any atom is 0.125 e. The van der Waals surface area contributed by atoms with Gasteiger partial charge in [-0.25, -0.2) is 0 Å². The van der Waals surface area contributed by atoms with Gasteiger partial charge in [0.15, 0.2) is 0 Å². The first-order valence-corrected chi connectivity index (χ1v) is 7.72. The highest BCUT2D eigenvalue weighted by Crippen LogP contribution is 2.27. The van der Waals surface area contributed by atoms with Crippen molar-refractivity contribution in [2.24, 2.45) is 11.7 Å². The molecule has 0 amide bonds. The van der Waals surface area contributed by atoms with E-state index in [1.54, 1.807) is 0 Å². The molecule has 0 radical (unpaired) electrons. The molecule has 0 bridgehead atoms. The Morgan fingerprint density at radius 2 is 1.80 bits per heavy atom. The van der Waals surface area contributed by atoms with Crippen LogP contribution >= 0.6 is 0 Å². The van der Waals surface area contributed by atoms with Gasteiger partial charge in [0.25, 0.3) is 0 Å². The van der Waals surface area contributed by atoms with E-state index in [0.29, 0.717) is 5.92 Å². The number of hydrogen-bond donors (Lipinski definition) is 2. The van der Waals surface area contributed by atoms with Gasteiger partial charge in [0.1, 0.15) is 18.5 Å². The minimum atomic E-state index is -0.586. The van der Waals surface area contributed by atoms with Gasteiger partial charge < -0.3 is 15.6 Å². The molecule has 1 saturated carbocycles. The zero-order valence-corrected chi connectivity index (χ0v) is 12.6. The van der Waals surface area contributed by atoms with Crippen molar-refractivity contribution in [3.8, 4) is 5.75 Å². The molecule has 1 aliphatic carbocycles. The quantitative estimate of drug-likeness (QED) is 0.870. The fourth-order valence-electron chi connectivity index (χ4n) is 3.14. The molecule has 20 heavy (non-hydrogen) atoms. The van der Waals surface area contributed by atoms with Crippen LogP contribution in [0.4, 0.5) is 0 Å². The minimum absolute atomic E-state index is 0.167. The molecule has 0 saturated heterocycles. The number of nitrogens with two attached hydrogens (primary N) is 1. The Balaban J connectivity index is 1.89. The minimum Gasteiger partial charge on any atom is -0.490 e. The lowest BCUT2D eigenvalue weighted by Gasteiger charge is -2.30. The van der Waals surface area contributed by atoms with Crippen LogP contribution in [0.25, 0.3) is 0 Å². The highest BCUT2D eigenvalue weighted by molar-refractivity contribution is 5.39. The topological polar surface area (TPSA) is 55.5 Å². The lowest BCUT2D eigenvalue weighted by molar-refractivity contribution is 0.0582. The van der Waals surface area contributed by atoms with Gasteiger partial charge in [-0.3, -0.25) is 0 Å². The lowest BCUT2D eigenvalue weighted by Crippen LogP contribution is -2.45. The molecular weight excluding hydrogens is 250 g/mol. The zero-order chi connectivity index (χ0) is 14.5. The second-order valence-corrected chi connectivity index (χ2v) is 6.07. The predicted molar refractivity (Wildman–Crippen MR) is 82.0 cm³/mol. The van der Waals surface area contributed by atoms with Crippen molar-refractivity contribution in [1.82, 2.24) is 0 Å². The third-order valence-corrected chi connectivity index (χ3v) is 4.45. The first-order chi connectivity index (χ1) is 9.59. The SMILES string of the molecule is Cc1cccc(C)c1OCC(O)C(N)C1CCCCC1. The maximum absolute atomic E-state index is 10.3. The third kappa shape index (κ3) is 3.74. The molecule has 2 rings (SSSR count). The highest BCUT2D eigenvalue weighted by atomic mass is 16.5. The van der Waals surface area contributed by atoms with E-state index in [0.717, 1.165) is 29.7 Å². The average Bonchev–Trinajstić information content (AvgIpc) is 2.46. The van der Waals surface area contributed by atoms with E-state index in [4.69, 9.17) is 10.5 Å². The Hall–Kier alpha value is -1.06. The van der Waals surface area contributed by atoms with Crippen molar-refractivity contribution in [3.63, 3.8) is 0 Å². The Morgan fingerprint density at radius 3 is 2.40 bits per heavy atom. The standard InChI is InChI=1S/C17H27NO2/c1-12-7-6-8-13(2)17(12)20-11-15(19)16(18)14-9-4-3-5-10-14/h6-8,14-16,19H,3-5,9-11,18H2,1-2H3. The molecule has 1 aromatic rings. The van der Waals surface area contributed by atoms with Crippen LogP contribution in [0.2, 0.25) is 0 Å². The normalized spacial score (nSPS) is 19.6. The molecule has 2 unspecified atom stereocenters. The van der Waals surface area contributed by atoms with Crippen LogP contribution < -0.4 is 10.5 Å². The van der Waals surface area contributed by atoms with Crippen LogP contribution in [0.1, 0.15) is 43.2 Å². The van der Waals surface area contributed by atoms with Crippen molar-refractivity contribution >= 4 is 0 Å². The summed E-state index contributed by atoms with van der Waals surface area (Å²) < 4.78 is 5.81. The van der Waals surface area contributed by atoms with Gasteiger partial charge in [0.2, 0.25) is 0 Å². The molecule has 3 N–H and O–H groups in total. The smallest absolute Gasteiger partial charge is 0.125 e. The zero-order valence-electron chi connectivity index (χ0n) is 12.6. The summed E-state index contributed by atoms with van der Waals surface area (Å²) in [5, 5.41) is 10.3. The van der Waals surface area contributed by atoms with Crippen molar-refractivity contribution in [1.29, 1.82) is 0 Å². The number of rotatable bonds is 5. The Kier molecular flexibility index (Phi) is 5.44. The van der Waals surface area contributed by atoms with Crippen molar-refractivity contribution in [2.75, 3.05) is 6.61 Å². The Bertz CT molecular complexity index is 407. The summed E-state index contributed by atoms with van der Waals surface area (Å²) in [6.07, 6.45) is 5.48. The molecule has 0 aromatic heterocycles. The second kappa shape index (κ2) is 7.09. The van der Waals surface area contributed by atoms with E-state index in [2.05, 4.69) is 0 Å². The molecule has 1 aromatic carbocycles. The maximum atomic E-state index is 10.3. The van der Waals surface area contributed by atoms with Crippen LogP contribution in [0.15, 0.2) is 18.2 Å². The van der Waals surface area contributed by atoms with E-state index in [-0.39, 0.29) is 12.6 Å². The van der Waals surface area contributed by atoms with Crippen LogP contribution in [0, 0.1) is 19.8 Å². The molecule has 3 nitrogen and oxygen atoms in total. The van der Waals surface area contributed by atoms with Gasteiger partial charge in [-0.05, 0) is 43.7 Å². The summed E-state index contributed by atoms with van der Waals surface area (Å²) in [5.74, 6) is 1.32. The first-order valence-electron chi connectivity index (χ1n) is 7.72. The number of aliphatic hydroxyl groups is 1. The second-order valence-electron chi connectivity index (χ2n) is 6.07. The lowest BCUT2D eigenvalue weighted by atomic mass is 9.82. The van der Waals surface area contributed by atoms with Crippen LogP contribution in [-0.4, -0.2) is 23.9 Å².